The number of nitrogens with zero attached hydrogens (tertiary/aromatic N) is 2. The van der Waals surface area contributed by atoms with Crippen LogP contribution in [0.15, 0.2) is 60.2 Å². The van der Waals surface area contributed by atoms with Crippen LogP contribution in [0.3, 0.4) is 0 Å². The highest BCUT2D eigenvalue weighted by molar-refractivity contribution is 7.09. The summed E-state index contributed by atoms with van der Waals surface area (Å²) in [5.41, 5.74) is 1.81. The van der Waals surface area contributed by atoms with Crippen LogP contribution in [0.25, 0.3) is 0 Å². The van der Waals surface area contributed by atoms with E-state index in [0.717, 1.165) is 12.0 Å². The largest absolute Gasteiger partial charge is 0.352 e. The Morgan fingerprint density at radius 3 is 2.73 bits per heavy atom. The average molecular weight is 311 g/mol. The van der Waals surface area contributed by atoms with Crippen LogP contribution in [0.1, 0.15) is 20.8 Å². The van der Waals surface area contributed by atoms with Crippen molar-refractivity contribution in [2.75, 3.05) is 6.54 Å². The molecule has 4 nitrogen and oxygen atoms in total. The lowest BCUT2D eigenvalue weighted by Gasteiger charge is -2.06. The van der Waals surface area contributed by atoms with Crippen LogP contribution in [-0.2, 0) is 13.0 Å². The first-order chi connectivity index (χ1) is 10.8. The van der Waals surface area contributed by atoms with Gasteiger partial charge in [-0.1, -0.05) is 18.2 Å². The van der Waals surface area contributed by atoms with E-state index >= 15 is 0 Å². The second-order valence-corrected chi connectivity index (χ2v) is 6.02. The minimum Gasteiger partial charge on any atom is -0.352 e. The van der Waals surface area contributed by atoms with E-state index in [1.165, 1.54) is 4.88 Å². The van der Waals surface area contributed by atoms with Gasteiger partial charge >= 0.3 is 0 Å². The number of aromatic nitrogens is 2. The SMILES string of the molecule is O=C(NCCc1cccs1)c1ccc(Cn2cccn2)cc1. The lowest BCUT2D eigenvalue weighted by Crippen LogP contribution is -2.25. The Labute approximate surface area is 133 Å². The average Bonchev–Trinajstić information content (AvgIpc) is 3.21. The zero-order chi connectivity index (χ0) is 15.2. The van der Waals surface area contributed by atoms with Gasteiger partial charge in [-0.15, -0.1) is 11.3 Å². The molecule has 2 heterocycles. The van der Waals surface area contributed by atoms with Gasteiger partial charge in [-0.05, 0) is 41.6 Å². The maximum atomic E-state index is 12.1. The maximum absolute atomic E-state index is 12.1. The van der Waals surface area contributed by atoms with Crippen molar-refractivity contribution in [2.45, 2.75) is 13.0 Å². The number of benzene rings is 1. The summed E-state index contributed by atoms with van der Waals surface area (Å²) in [6.07, 6.45) is 4.56. The molecule has 0 fully saturated rings. The summed E-state index contributed by atoms with van der Waals surface area (Å²) in [4.78, 5) is 13.4. The van der Waals surface area contributed by atoms with Crippen LogP contribution in [0.5, 0.6) is 0 Å². The topological polar surface area (TPSA) is 46.9 Å². The van der Waals surface area contributed by atoms with E-state index in [4.69, 9.17) is 0 Å². The van der Waals surface area contributed by atoms with Crippen LogP contribution in [0, 0.1) is 0 Å². The standard InChI is InChI=1S/C17H17N3OS/c21-17(18-10-8-16-3-1-12-22-16)15-6-4-14(5-7-15)13-20-11-2-9-19-20/h1-7,9,11-12H,8,10,13H2,(H,18,21). The van der Waals surface area contributed by atoms with Gasteiger partial charge in [0.1, 0.15) is 0 Å². The van der Waals surface area contributed by atoms with E-state index in [9.17, 15) is 4.79 Å². The minimum atomic E-state index is -0.0257. The molecular weight excluding hydrogens is 294 g/mol. The third kappa shape index (κ3) is 3.83. The molecule has 1 aromatic carbocycles. The number of rotatable bonds is 6. The highest BCUT2D eigenvalue weighted by atomic mass is 32.1. The van der Waals surface area contributed by atoms with Crippen LogP contribution >= 0.6 is 11.3 Å². The van der Waals surface area contributed by atoms with Gasteiger partial charge in [0.15, 0.2) is 0 Å². The summed E-state index contributed by atoms with van der Waals surface area (Å²) in [5, 5.41) is 9.18. The Morgan fingerprint density at radius 1 is 1.18 bits per heavy atom. The maximum Gasteiger partial charge on any atom is 0.251 e. The van der Waals surface area contributed by atoms with Crippen LogP contribution in [-0.4, -0.2) is 22.2 Å². The van der Waals surface area contributed by atoms with Crippen molar-refractivity contribution in [3.05, 3.63) is 76.2 Å². The Kier molecular flexibility index (Phi) is 4.65. The molecular formula is C17H17N3OS. The highest BCUT2D eigenvalue weighted by Crippen LogP contribution is 2.09. The third-order valence-electron chi connectivity index (χ3n) is 3.36. The number of carbonyl (C=O) groups is 1. The Balaban J connectivity index is 1.52. The number of amides is 1. The molecule has 22 heavy (non-hydrogen) atoms. The normalized spacial score (nSPS) is 10.5. The molecule has 0 aliphatic heterocycles. The molecule has 0 spiro atoms. The molecule has 1 amide bonds. The first-order valence-corrected chi connectivity index (χ1v) is 8.06. The molecule has 112 valence electrons. The Hall–Kier alpha value is -2.40. The summed E-state index contributed by atoms with van der Waals surface area (Å²) in [6.45, 7) is 1.38. The number of thiophene rings is 1. The van der Waals surface area contributed by atoms with Gasteiger partial charge in [0.25, 0.3) is 5.91 Å². The number of nitrogens with one attached hydrogen (secondary N) is 1. The van der Waals surface area contributed by atoms with E-state index < -0.39 is 0 Å². The molecule has 0 radical (unpaired) electrons. The molecule has 3 aromatic rings. The second-order valence-electron chi connectivity index (χ2n) is 4.99. The molecule has 0 bridgehead atoms. The molecule has 1 N–H and O–H groups in total. The summed E-state index contributed by atoms with van der Waals surface area (Å²) in [5.74, 6) is -0.0257. The fourth-order valence-electron chi connectivity index (χ4n) is 2.20. The molecule has 0 saturated carbocycles. The van der Waals surface area contributed by atoms with E-state index in [2.05, 4.69) is 21.9 Å². The first-order valence-electron chi connectivity index (χ1n) is 7.18. The number of carbonyl (C=O) groups excluding carboxylic acids is 1. The van der Waals surface area contributed by atoms with Gasteiger partial charge in [-0.2, -0.15) is 5.10 Å². The molecule has 0 aliphatic carbocycles. The molecule has 0 unspecified atom stereocenters. The number of hydrogen-bond donors (Lipinski definition) is 1. The van der Waals surface area contributed by atoms with Gasteiger partial charge in [-0.3, -0.25) is 9.48 Å². The van der Waals surface area contributed by atoms with E-state index in [1.54, 1.807) is 17.5 Å². The fraction of sp³-hybridized carbons (Fsp3) is 0.176. The van der Waals surface area contributed by atoms with Crippen molar-refractivity contribution in [3.8, 4) is 0 Å². The third-order valence-corrected chi connectivity index (χ3v) is 4.29. The van der Waals surface area contributed by atoms with Crippen molar-refractivity contribution in [3.63, 3.8) is 0 Å². The van der Waals surface area contributed by atoms with Crippen molar-refractivity contribution >= 4 is 17.2 Å². The smallest absolute Gasteiger partial charge is 0.251 e. The predicted molar refractivity (Wildman–Crippen MR) is 88.1 cm³/mol. The summed E-state index contributed by atoms with van der Waals surface area (Å²) in [7, 11) is 0. The summed E-state index contributed by atoms with van der Waals surface area (Å²) >= 11 is 1.71. The zero-order valence-electron chi connectivity index (χ0n) is 12.1. The van der Waals surface area contributed by atoms with Gasteiger partial charge in [0.2, 0.25) is 0 Å². The van der Waals surface area contributed by atoms with Crippen molar-refractivity contribution in [1.29, 1.82) is 0 Å². The second kappa shape index (κ2) is 7.04. The van der Waals surface area contributed by atoms with Gasteiger partial charge in [0, 0.05) is 29.4 Å². The number of hydrogen-bond acceptors (Lipinski definition) is 3. The van der Waals surface area contributed by atoms with Crippen molar-refractivity contribution < 1.29 is 4.79 Å². The Morgan fingerprint density at radius 2 is 2.05 bits per heavy atom. The van der Waals surface area contributed by atoms with E-state index in [-0.39, 0.29) is 5.91 Å². The molecule has 2 aromatic heterocycles. The van der Waals surface area contributed by atoms with Crippen LogP contribution in [0.4, 0.5) is 0 Å². The zero-order valence-corrected chi connectivity index (χ0v) is 12.9. The van der Waals surface area contributed by atoms with Crippen molar-refractivity contribution in [2.24, 2.45) is 0 Å². The molecule has 0 aliphatic rings. The summed E-state index contributed by atoms with van der Waals surface area (Å²) < 4.78 is 1.86. The van der Waals surface area contributed by atoms with Crippen LogP contribution in [0.2, 0.25) is 0 Å². The molecule has 3 rings (SSSR count). The molecule has 5 heteroatoms. The Bertz CT molecular complexity index is 703. The minimum absolute atomic E-state index is 0.0257. The molecule has 0 saturated heterocycles. The van der Waals surface area contributed by atoms with Gasteiger partial charge in [0.05, 0.1) is 6.54 Å². The van der Waals surface area contributed by atoms with E-state index in [0.29, 0.717) is 18.7 Å². The predicted octanol–water partition coefficient (Wildman–Crippen LogP) is 2.97. The van der Waals surface area contributed by atoms with E-state index in [1.807, 2.05) is 47.3 Å². The van der Waals surface area contributed by atoms with Gasteiger partial charge < -0.3 is 5.32 Å². The van der Waals surface area contributed by atoms with Crippen LogP contribution < -0.4 is 5.32 Å². The van der Waals surface area contributed by atoms with Gasteiger partial charge in [-0.25, -0.2) is 0 Å². The monoisotopic (exact) mass is 311 g/mol. The highest BCUT2D eigenvalue weighted by Gasteiger charge is 2.05. The molecule has 0 atom stereocenters. The lowest BCUT2D eigenvalue weighted by molar-refractivity contribution is 0.0954. The quantitative estimate of drug-likeness (QED) is 0.761. The lowest BCUT2D eigenvalue weighted by atomic mass is 10.1. The summed E-state index contributed by atoms with van der Waals surface area (Å²) in [6, 6.07) is 13.7. The van der Waals surface area contributed by atoms with Crippen molar-refractivity contribution in [1.82, 2.24) is 15.1 Å². The fourth-order valence-corrected chi connectivity index (χ4v) is 2.91. The first kappa shape index (κ1) is 14.5.